The molecule has 0 unspecified atom stereocenters. The lowest BCUT2D eigenvalue weighted by Gasteiger charge is -2.20. The van der Waals surface area contributed by atoms with Crippen LogP contribution < -0.4 is 0 Å². The van der Waals surface area contributed by atoms with E-state index in [2.05, 4.69) is 40.7 Å². The quantitative estimate of drug-likeness (QED) is 0.628. The molecule has 6 heteroatoms. The second-order valence-corrected chi connectivity index (χ2v) is 5.23. The largest absolute Gasteiger partial charge is 0.273 e. The van der Waals surface area contributed by atoms with E-state index in [9.17, 15) is 0 Å². The molecule has 2 aromatic rings. The molecule has 0 saturated heterocycles. The Kier molecular flexibility index (Phi) is 2.40. The first-order valence-corrected chi connectivity index (χ1v) is 5.99. The molecule has 0 aliphatic carbocycles. The maximum atomic E-state index is 4.24. The molecule has 0 bridgehead atoms. The lowest BCUT2D eigenvalue weighted by atomic mass is 10.1. The number of thiol groups is 1. The summed E-state index contributed by atoms with van der Waals surface area (Å²) >= 11 is 4.24. The molecule has 0 N–H and O–H groups in total. The van der Waals surface area contributed by atoms with Gasteiger partial charge in [0, 0.05) is 22.7 Å². The van der Waals surface area contributed by atoms with Crippen LogP contribution in [-0.4, -0.2) is 19.6 Å². The van der Waals surface area contributed by atoms with Crippen molar-refractivity contribution in [3.05, 3.63) is 24.3 Å². The summed E-state index contributed by atoms with van der Waals surface area (Å²) in [7, 11) is 1.49. The lowest BCUT2D eigenvalue weighted by molar-refractivity contribution is 0.772. The molecule has 2 heterocycles. The highest BCUT2D eigenvalue weighted by molar-refractivity contribution is 8.68. The summed E-state index contributed by atoms with van der Waals surface area (Å²) in [5.74, 6) is 0.619. The summed E-state index contributed by atoms with van der Waals surface area (Å²) in [4.78, 5) is 4.20. The molecule has 0 saturated carbocycles. The maximum Gasteiger partial charge on any atom is 0.254 e. The Morgan fingerprint density at radius 1 is 1.50 bits per heavy atom. The normalized spacial score (nSPS) is 12.2. The molecule has 74 valence electrons. The van der Waals surface area contributed by atoms with Crippen LogP contribution in [0.25, 0.3) is 5.78 Å². The Morgan fingerprint density at radius 3 is 3.00 bits per heavy atom. The fraction of sp³-hybridized carbons (Fsp3) is 0.375. The van der Waals surface area contributed by atoms with E-state index in [0.29, 0.717) is 5.78 Å². The van der Waals surface area contributed by atoms with Crippen molar-refractivity contribution in [3.63, 3.8) is 0 Å². The van der Waals surface area contributed by atoms with Gasteiger partial charge in [0.15, 0.2) is 0 Å². The first-order valence-electron chi connectivity index (χ1n) is 4.12. The molecular formula is C8H10N4S2. The van der Waals surface area contributed by atoms with Crippen molar-refractivity contribution in [2.24, 2.45) is 0 Å². The first kappa shape index (κ1) is 9.79. The molecule has 0 aromatic carbocycles. The smallest absolute Gasteiger partial charge is 0.254 e. The summed E-state index contributed by atoms with van der Waals surface area (Å²) in [6.45, 7) is 4.19. The van der Waals surface area contributed by atoms with Crippen molar-refractivity contribution in [1.82, 2.24) is 19.6 Å². The Balaban J connectivity index is 2.53. The minimum atomic E-state index is -0.0609. The van der Waals surface area contributed by atoms with E-state index in [4.69, 9.17) is 0 Å². The fourth-order valence-corrected chi connectivity index (χ4v) is 1.62. The number of nitrogens with zero attached hydrogens (tertiary/aromatic N) is 4. The number of fused-ring (bicyclic) bond motifs is 1. The fourth-order valence-electron chi connectivity index (χ4n) is 1.09. The van der Waals surface area contributed by atoms with E-state index in [-0.39, 0.29) is 4.75 Å². The van der Waals surface area contributed by atoms with Gasteiger partial charge in [-0.05, 0) is 13.8 Å². The first-order chi connectivity index (χ1) is 6.63. The number of hydrogen-bond donors (Lipinski definition) is 1. The molecule has 0 aliphatic heterocycles. The molecule has 0 radical (unpaired) electrons. The zero-order valence-electron chi connectivity index (χ0n) is 7.88. The van der Waals surface area contributed by atoms with Crippen LogP contribution in [0, 0.1) is 0 Å². The summed E-state index contributed by atoms with van der Waals surface area (Å²) in [6.07, 6.45) is 5.43. The monoisotopic (exact) mass is 226 g/mol. The minimum Gasteiger partial charge on any atom is -0.273 e. The van der Waals surface area contributed by atoms with Gasteiger partial charge in [0.05, 0.1) is 0 Å². The highest BCUT2D eigenvalue weighted by Gasteiger charge is 2.20. The van der Waals surface area contributed by atoms with Crippen LogP contribution >= 0.6 is 22.5 Å². The molecule has 0 atom stereocenters. The number of hydrogen-bond acceptors (Lipinski definition) is 5. The molecule has 2 aromatic heterocycles. The molecule has 0 amide bonds. The molecular weight excluding hydrogens is 216 g/mol. The van der Waals surface area contributed by atoms with Crippen LogP contribution in [0.15, 0.2) is 18.7 Å². The molecule has 0 aliphatic rings. The van der Waals surface area contributed by atoms with E-state index in [1.54, 1.807) is 10.7 Å². The van der Waals surface area contributed by atoms with Gasteiger partial charge in [-0.15, -0.1) is 21.9 Å². The van der Waals surface area contributed by atoms with Crippen LogP contribution in [0.4, 0.5) is 0 Å². The second-order valence-electron chi connectivity index (χ2n) is 3.48. The van der Waals surface area contributed by atoms with E-state index >= 15 is 0 Å². The van der Waals surface area contributed by atoms with Gasteiger partial charge in [-0.1, -0.05) is 10.8 Å². The van der Waals surface area contributed by atoms with Gasteiger partial charge in [0.2, 0.25) is 0 Å². The molecule has 4 nitrogen and oxygen atoms in total. The lowest BCUT2D eigenvalue weighted by Crippen LogP contribution is -2.11. The summed E-state index contributed by atoms with van der Waals surface area (Å²) in [5.41, 5.74) is 1.10. The van der Waals surface area contributed by atoms with E-state index in [0.717, 1.165) is 5.56 Å². The summed E-state index contributed by atoms with van der Waals surface area (Å²) in [6, 6.07) is 0. The molecule has 0 spiro atoms. The van der Waals surface area contributed by atoms with Gasteiger partial charge in [-0.3, -0.25) is 4.40 Å². The Bertz CT molecular complexity index is 451. The Hall–Kier alpha value is -0.750. The third-order valence-electron chi connectivity index (χ3n) is 2.07. The molecule has 0 fully saturated rings. The predicted molar refractivity (Wildman–Crippen MR) is 60.4 cm³/mol. The van der Waals surface area contributed by atoms with Crippen molar-refractivity contribution in [3.8, 4) is 0 Å². The van der Waals surface area contributed by atoms with E-state index < -0.39 is 0 Å². The Morgan fingerprint density at radius 2 is 2.29 bits per heavy atom. The average Bonchev–Trinajstić information content (AvgIpc) is 2.64. The second kappa shape index (κ2) is 3.43. The minimum absolute atomic E-state index is 0.0609. The van der Waals surface area contributed by atoms with E-state index in [1.807, 2.05) is 12.4 Å². The van der Waals surface area contributed by atoms with Crippen LogP contribution in [0.2, 0.25) is 0 Å². The summed E-state index contributed by atoms with van der Waals surface area (Å²) in [5, 5.41) is 7.62. The van der Waals surface area contributed by atoms with Crippen molar-refractivity contribution >= 4 is 28.2 Å². The standard InChI is InChI=1S/C8H10N4S2/c1-8(2,14-13)6-3-9-7-11-10-5-12(7)4-6/h3-5,13H,1-2H3. The highest BCUT2D eigenvalue weighted by atomic mass is 33.1. The average molecular weight is 226 g/mol. The topological polar surface area (TPSA) is 43.1 Å². The molecule has 14 heavy (non-hydrogen) atoms. The van der Waals surface area contributed by atoms with Crippen LogP contribution in [0.1, 0.15) is 19.4 Å². The van der Waals surface area contributed by atoms with Crippen molar-refractivity contribution < 1.29 is 0 Å². The van der Waals surface area contributed by atoms with Gasteiger partial charge in [0.1, 0.15) is 6.33 Å². The third-order valence-corrected chi connectivity index (χ3v) is 4.14. The SMILES string of the molecule is CC(C)(SS)c1cnc2nncn2c1. The van der Waals surface area contributed by atoms with Gasteiger partial charge in [0.25, 0.3) is 5.78 Å². The van der Waals surface area contributed by atoms with E-state index in [1.165, 1.54) is 10.8 Å². The number of aromatic nitrogens is 4. The third kappa shape index (κ3) is 1.59. The zero-order chi connectivity index (χ0) is 10.2. The van der Waals surface area contributed by atoms with Gasteiger partial charge >= 0.3 is 0 Å². The van der Waals surface area contributed by atoms with Crippen molar-refractivity contribution in [1.29, 1.82) is 0 Å². The molecule has 2 rings (SSSR count). The zero-order valence-corrected chi connectivity index (χ0v) is 9.59. The van der Waals surface area contributed by atoms with Crippen molar-refractivity contribution in [2.75, 3.05) is 0 Å². The predicted octanol–water partition coefficient (Wildman–Crippen LogP) is 1.94. The number of rotatable bonds is 2. The van der Waals surface area contributed by atoms with Crippen LogP contribution in [0.5, 0.6) is 0 Å². The van der Waals surface area contributed by atoms with Crippen molar-refractivity contribution in [2.45, 2.75) is 18.6 Å². The summed E-state index contributed by atoms with van der Waals surface area (Å²) < 4.78 is 1.75. The van der Waals surface area contributed by atoms with Gasteiger partial charge in [-0.25, -0.2) is 4.98 Å². The van der Waals surface area contributed by atoms with Crippen LogP contribution in [0.3, 0.4) is 0 Å². The van der Waals surface area contributed by atoms with Gasteiger partial charge < -0.3 is 0 Å². The van der Waals surface area contributed by atoms with Crippen LogP contribution in [-0.2, 0) is 4.75 Å². The van der Waals surface area contributed by atoms with Gasteiger partial charge in [-0.2, -0.15) is 0 Å². The maximum absolute atomic E-state index is 4.24. The highest BCUT2D eigenvalue weighted by Crippen LogP contribution is 2.37. The Labute approximate surface area is 90.9 Å².